The lowest BCUT2D eigenvalue weighted by molar-refractivity contribution is 0.451. The fourth-order valence-corrected chi connectivity index (χ4v) is 2.65. The van der Waals surface area contributed by atoms with E-state index in [1.807, 2.05) is 17.8 Å². The highest BCUT2D eigenvalue weighted by Crippen LogP contribution is 2.21. The molecule has 0 aliphatic heterocycles. The van der Waals surface area contributed by atoms with Crippen molar-refractivity contribution in [2.45, 2.75) is 32.9 Å². The number of halogens is 1. The van der Waals surface area contributed by atoms with Crippen LogP contribution in [0.1, 0.15) is 31.3 Å². The third-order valence-electron chi connectivity index (χ3n) is 3.22. The van der Waals surface area contributed by atoms with Gasteiger partial charge in [-0.25, -0.2) is 9.67 Å². The normalized spacial score (nSPS) is 12.8. The number of nitrogens with zero attached hydrogens (tertiary/aromatic N) is 3. The molecule has 0 saturated heterocycles. The second kappa shape index (κ2) is 6.99. The Bertz CT molecular complexity index is 550. The molecule has 0 saturated carbocycles. The Hall–Kier alpha value is -1.20. The summed E-state index contributed by atoms with van der Waals surface area (Å²) in [5.74, 6) is 1.59. The van der Waals surface area contributed by atoms with Crippen molar-refractivity contribution in [2.24, 2.45) is 5.92 Å². The fourth-order valence-electron chi connectivity index (χ4n) is 2.24. The van der Waals surface area contributed by atoms with E-state index in [2.05, 4.69) is 63.4 Å². The first-order chi connectivity index (χ1) is 9.60. The molecule has 0 spiro atoms. The molecule has 108 valence electrons. The first-order valence-electron chi connectivity index (χ1n) is 6.89. The number of hydrogen-bond donors (Lipinski definition) is 1. The summed E-state index contributed by atoms with van der Waals surface area (Å²) in [6, 6.07) is 8.61. The Morgan fingerprint density at radius 3 is 2.80 bits per heavy atom. The van der Waals surface area contributed by atoms with Crippen LogP contribution in [0.3, 0.4) is 0 Å². The van der Waals surface area contributed by atoms with Crippen LogP contribution in [0.4, 0.5) is 0 Å². The molecule has 0 amide bonds. The van der Waals surface area contributed by atoms with Crippen molar-refractivity contribution in [1.82, 2.24) is 20.1 Å². The highest BCUT2D eigenvalue weighted by molar-refractivity contribution is 9.10. The topological polar surface area (TPSA) is 42.7 Å². The van der Waals surface area contributed by atoms with Gasteiger partial charge in [0, 0.05) is 23.5 Å². The molecule has 0 aliphatic carbocycles. The SMILES string of the molecule is CNC(Cc1ncnn1CC(C)C)c1cccc(Br)c1. The van der Waals surface area contributed by atoms with Crippen LogP contribution in [0, 0.1) is 5.92 Å². The maximum Gasteiger partial charge on any atom is 0.138 e. The Kier molecular flexibility index (Phi) is 5.31. The summed E-state index contributed by atoms with van der Waals surface area (Å²) in [6.07, 6.45) is 2.48. The van der Waals surface area contributed by atoms with Crippen LogP contribution >= 0.6 is 15.9 Å². The minimum absolute atomic E-state index is 0.239. The van der Waals surface area contributed by atoms with Crippen LogP contribution in [0.5, 0.6) is 0 Å². The minimum atomic E-state index is 0.239. The van der Waals surface area contributed by atoms with Gasteiger partial charge in [-0.3, -0.25) is 0 Å². The van der Waals surface area contributed by atoms with E-state index in [4.69, 9.17) is 0 Å². The van der Waals surface area contributed by atoms with E-state index in [0.29, 0.717) is 5.92 Å². The minimum Gasteiger partial charge on any atom is -0.313 e. The number of nitrogens with one attached hydrogen (secondary N) is 1. The van der Waals surface area contributed by atoms with Crippen LogP contribution in [-0.4, -0.2) is 21.8 Å². The Balaban J connectivity index is 2.16. The van der Waals surface area contributed by atoms with Gasteiger partial charge in [-0.05, 0) is 30.7 Å². The number of likely N-dealkylation sites (N-methyl/N-ethyl adjacent to an activating group) is 1. The summed E-state index contributed by atoms with van der Waals surface area (Å²) in [7, 11) is 1.98. The maximum atomic E-state index is 4.41. The summed E-state index contributed by atoms with van der Waals surface area (Å²) in [5.41, 5.74) is 1.25. The Morgan fingerprint density at radius 1 is 1.35 bits per heavy atom. The van der Waals surface area contributed by atoms with E-state index in [-0.39, 0.29) is 6.04 Å². The van der Waals surface area contributed by atoms with E-state index in [9.17, 15) is 0 Å². The first kappa shape index (κ1) is 15.2. The van der Waals surface area contributed by atoms with E-state index < -0.39 is 0 Å². The van der Waals surface area contributed by atoms with E-state index >= 15 is 0 Å². The second-order valence-electron chi connectivity index (χ2n) is 5.35. The second-order valence-corrected chi connectivity index (χ2v) is 6.27. The van der Waals surface area contributed by atoms with E-state index in [1.54, 1.807) is 6.33 Å². The molecule has 0 fully saturated rings. The van der Waals surface area contributed by atoms with Gasteiger partial charge in [0.1, 0.15) is 12.2 Å². The summed E-state index contributed by atoms with van der Waals surface area (Å²) in [5, 5.41) is 7.69. The zero-order valence-electron chi connectivity index (χ0n) is 12.2. The number of rotatable bonds is 6. The van der Waals surface area contributed by atoms with Crippen molar-refractivity contribution in [1.29, 1.82) is 0 Å². The van der Waals surface area contributed by atoms with Crippen LogP contribution in [0.15, 0.2) is 35.1 Å². The fraction of sp³-hybridized carbons (Fsp3) is 0.467. The van der Waals surface area contributed by atoms with Crippen molar-refractivity contribution >= 4 is 15.9 Å². The molecule has 0 bridgehead atoms. The first-order valence-corrected chi connectivity index (χ1v) is 7.69. The average Bonchev–Trinajstić information content (AvgIpc) is 2.82. The maximum absolute atomic E-state index is 4.41. The zero-order valence-corrected chi connectivity index (χ0v) is 13.8. The summed E-state index contributed by atoms with van der Waals surface area (Å²) in [4.78, 5) is 4.41. The smallest absolute Gasteiger partial charge is 0.138 e. The third-order valence-corrected chi connectivity index (χ3v) is 3.71. The van der Waals surface area contributed by atoms with Gasteiger partial charge in [-0.2, -0.15) is 5.10 Å². The lowest BCUT2D eigenvalue weighted by Gasteiger charge is -2.17. The van der Waals surface area contributed by atoms with Crippen molar-refractivity contribution in [3.05, 3.63) is 46.5 Å². The molecule has 2 aromatic rings. The lowest BCUT2D eigenvalue weighted by atomic mass is 10.0. The predicted molar refractivity (Wildman–Crippen MR) is 84.5 cm³/mol. The van der Waals surface area contributed by atoms with Gasteiger partial charge >= 0.3 is 0 Å². The number of hydrogen-bond acceptors (Lipinski definition) is 3. The van der Waals surface area contributed by atoms with Gasteiger partial charge in [0.15, 0.2) is 0 Å². The third kappa shape index (κ3) is 3.90. The standard InChI is InChI=1S/C15H21BrN4/c1-11(2)9-20-15(18-10-19-20)8-14(17-3)12-5-4-6-13(16)7-12/h4-7,10-11,14,17H,8-9H2,1-3H3. The Morgan fingerprint density at radius 2 is 2.15 bits per heavy atom. The van der Waals surface area contributed by atoms with Crippen molar-refractivity contribution < 1.29 is 0 Å². The summed E-state index contributed by atoms with van der Waals surface area (Å²) < 4.78 is 3.10. The van der Waals surface area contributed by atoms with Crippen LogP contribution < -0.4 is 5.32 Å². The predicted octanol–water partition coefficient (Wildman–Crippen LogP) is 3.20. The molecule has 1 heterocycles. The van der Waals surface area contributed by atoms with Gasteiger partial charge in [0.05, 0.1) is 0 Å². The van der Waals surface area contributed by atoms with Crippen molar-refractivity contribution in [2.75, 3.05) is 7.05 Å². The molecular weight excluding hydrogens is 316 g/mol. The molecule has 0 radical (unpaired) electrons. The van der Waals surface area contributed by atoms with Crippen LogP contribution in [0.2, 0.25) is 0 Å². The average molecular weight is 337 g/mol. The molecule has 1 aromatic heterocycles. The molecule has 2 rings (SSSR count). The summed E-state index contributed by atoms with van der Waals surface area (Å²) in [6.45, 7) is 5.29. The van der Waals surface area contributed by atoms with Gasteiger partial charge in [0.25, 0.3) is 0 Å². The van der Waals surface area contributed by atoms with Crippen LogP contribution in [0.25, 0.3) is 0 Å². The highest BCUT2D eigenvalue weighted by Gasteiger charge is 2.15. The number of benzene rings is 1. The largest absolute Gasteiger partial charge is 0.313 e. The van der Waals surface area contributed by atoms with E-state index in [0.717, 1.165) is 23.3 Å². The van der Waals surface area contributed by atoms with Gasteiger partial charge < -0.3 is 5.32 Å². The van der Waals surface area contributed by atoms with E-state index in [1.165, 1.54) is 5.56 Å². The molecule has 1 N–H and O–H groups in total. The molecule has 20 heavy (non-hydrogen) atoms. The highest BCUT2D eigenvalue weighted by atomic mass is 79.9. The molecular formula is C15H21BrN4. The monoisotopic (exact) mass is 336 g/mol. The molecule has 5 heteroatoms. The van der Waals surface area contributed by atoms with Crippen molar-refractivity contribution in [3.63, 3.8) is 0 Å². The molecule has 4 nitrogen and oxygen atoms in total. The van der Waals surface area contributed by atoms with Crippen LogP contribution in [-0.2, 0) is 13.0 Å². The molecule has 1 atom stereocenters. The molecule has 0 aliphatic rings. The quantitative estimate of drug-likeness (QED) is 0.880. The Labute approximate surface area is 128 Å². The van der Waals surface area contributed by atoms with Gasteiger partial charge in [-0.1, -0.05) is 41.9 Å². The molecule has 1 unspecified atom stereocenters. The summed E-state index contributed by atoms with van der Waals surface area (Å²) >= 11 is 3.52. The van der Waals surface area contributed by atoms with Gasteiger partial charge in [-0.15, -0.1) is 0 Å². The zero-order chi connectivity index (χ0) is 14.5. The van der Waals surface area contributed by atoms with Gasteiger partial charge in [0.2, 0.25) is 0 Å². The molecule has 1 aromatic carbocycles. The lowest BCUT2D eigenvalue weighted by Crippen LogP contribution is -2.21. The number of aromatic nitrogens is 3. The van der Waals surface area contributed by atoms with Crippen molar-refractivity contribution in [3.8, 4) is 0 Å².